The number of para-hydroxylation sites is 3. The van der Waals surface area contributed by atoms with Gasteiger partial charge in [0.25, 0.3) is 0 Å². The van der Waals surface area contributed by atoms with E-state index in [0.29, 0.717) is 29.5 Å². The molecule has 5 heteroatoms. The van der Waals surface area contributed by atoms with E-state index in [1.54, 1.807) is 12.3 Å². The van der Waals surface area contributed by atoms with Crippen molar-refractivity contribution in [3.63, 3.8) is 0 Å². The summed E-state index contributed by atoms with van der Waals surface area (Å²) in [6, 6.07) is 74.6. The van der Waals surface area contributed by atoms with E-state index in [2.05, 4.69) is 232 Å². The number of aromatic nitrogens is 3. The Morgan fingerprint density at radius 2 is 1.09 bits per heavy atom. The van der Waals surface area contributed by atoms with Gasteiger partial charge in [-0.1, -0.05) is 195 Å². The second-order valence-corrected chi connectivity index (χ2v) is 23.2. The van der Waals surface area contributed by atoms with E-state index in [1.165, 1.54) is 65.7 Å². The highest BCUT2D eigenvalue weighted by atomic mass is 16.5. The van der Waals surface area contributed by atoms with E-state index in [9.17, 15) is 0 Å². The number of hydrogen-bond acceptors (Lipinski definition) is 3. The summed E-state index contributed by atoms with van der Waals surface area (Å²) in [6.45, 7) is 18.2. The molecule has 0 amide bonds. The Hall–Kier alpha value is -8.67. The number of pyridine rings is 1. The van der Waals surface area contributed by atoms with Crippen LogP contribution in [0.5, 0.6) is 11.5 Å². The fraction of sp³-hybridized carbons (Fsp3) is 0.181. The van der Waals surface area contributed by atoms with Crippen molar-refractivity contribution < 1.29 is 7.48 Å². The molecule has 0 unspecified atom stereocenters. The number of ether oxygens (including phenoxy) is 1. The predicted molar refractivity (Wildman–Crippen MR) is 326 cm³/mol. The van der Waals surface area contributed by atoms with Gasteiger partial charge in [-0.05, 0) is 133 Å². The molecule has 0 atom stereocenters. The first-order chi connectivity index (χ1) is 38.0. The van der Waals surface area contributed by atoms with E-state index in [4.69, 9.17) is 12.5 Å². The SMILES string of the molecule is [2H]C([2H])(c1ccnc(-n2c3ccccc3c3ccc(Oc4cccc(N5Cn6c7c(-c8cc(-c9ccc(C(C)(C)C)cc9)cc(C(C)(C)C)c8)cccc7c7ccccc7c7ccccc7c7cccc5c76)c4)cc32)c1)C(C)C. The molecule has 378 valence electrons. The van der Waals surface area contributed by atoms with Crippen LogP contribution in [0.3, 0.4) is 0 Å². The lowest BCUT2D eigenvalue weighted by Gasteiger charge is -2.23. The van der Waals surface area contributed by atoms with Crippen LogP contribution in [0.25, 0.3) is 93.2 Å². The topological polar surface area (TPSA) is 35.2 Å². The monoisotopic (exact) mass is 1000 g/mol. The number of rotatable bonds is 8. The second-order valence-electron chi connectivity index (χ2n) is 23.2. The largest absolute Gasteiger partial charge is 0.457 e. The third kappa shape index (κ3) is 8.55. The molecular formula is C72H64N4O. The van der Waals surface area contributed by atoms with Crippen LogP contribution in [0.4, 0.5) is 11.4 Å². The minimum atomic E-state index is -1.52. The van der Waals surface area contributed by atoms with Gasteiger partial charge in [0.2, 0.25) is 0 Å². The summed E-state index contributed by atoms with van der Waals surface area (Å²) in [5, 5.41) is 9.29. The van der Waals surface area contributed by atoms with Gasteiger partial charge in [-0.2, -0.15) is 0 Å². The van der Waals surface area contributed by atoms with Crippen molar-refractivity contribution in [1.82, 2.24) is 14.1 Å². The molecule has 4 heterocycles. The van der Waals surface area contributed by atoms with Crippen LogP contribution >= 0.6 is 0 Å². The number of benzene rings is 9. The van der Waals surface area contributed by atoms with Crippen LogP contribution in [0, 0.1) is 5.92 Å². The quantitative estimate of drug-likeness (QED) is 0.152. The van der Waals surface area contributed by atoms with E-state index >= 15 is 0 Å². The first-order valence-electron chi connectivity index (χ1n) is 28.1. The first kappa shape index (κ1) is 45.7. The molecule has 0 aliphatic carbocycles. The average molecular weight is 1000 g/mol. The Morgan fingerprint density at radius 3 is 1.79 bits per heavy atom. The molecule has 0 spiro atoms. The molecule has 77 heavy (non-hydrogen) atoms. The third-order valence-corrected chi connectivity index (χ3v) is 15.5. The van der Waals surface area contributed by atoms with E-state index < -0.39 is 6.37 Å². The van der Waals surface area contributed by atoms with Gasteiger partial charge < -0.3 is 14.2 Å². The molecule has 9 aromatic carbocycles. The zero-order chi connectivity index (χ0) is 54.5. The highest BCUT2D eigenvalue weighted by Gasteiger charge is 2.27. The summed E-state index contributed by atoms with van der Waals surface area (Å²) in [5.41, 5.74) is 14.3. The normalized spacial score (nSPS) is 13.3. The molecular weight excluding hydrogens is 937 g/mol. The van der Waals surface area contributed by atoms with Gasteiger partial charge in [0.1, 0.15) is 24.0 Å². The van der Waals surface area contributed by atoms with E-state index in [0.717, 1.165) is 44.2 Å². The van der Waals surface area contributed by atoms with Crippen molar-refractivity contribution in [2.45, 2.75) is 79.3 Å². The van der Waals surface area contributed by atoms with Gasteiger partial charge in [0.05, 0.1) is 27.8 Å². The predicted octanol–water partition coefficient (Wildman–Crippen LogP) is 19.7. The number of fused-ring (bicyclic) bond motifs is 10. The summed E-state index contributed by atoms with van der Waals surface area (Å²) in [7, 11) is 0. The van der Waals surface area contributed by atoms with Gasteiger partial charge >= 0.3 is 0 Å². The minimum absolute atomic E-state index is 0.0549. The van der Waals surface area contributed by atoms with Crippen molar-refractivity contribution in [2.75, 3.05) is 4.90 Å². The Bertz CT molecular complexity index is 4470. The lowest BCUT2D eigenvalue weighted by Crippen LogP contribution is -2.15. The Morgan fingerprint density at radius 1 is 0.494 bits per heavy atom. The standard InChI is InChI=1S/C72H64N4O/c1-46(2)38-47-36-37-73-68(39-47)76-65-28-14-13-24-61(65)62-35-34-55(44-67(62)76)77-54-19-15-18-53(43-54)74-45-75-69-56(50-40-49(41-52(42-50)72(6,7)8)48-30-32-51(33-31-48)71(3,4)5)25-16-26-63(69)59-22-11-9-20-57(59)58-21-10-12-23-60(58)64-27-17-29-66(74)70(64)75/h9-37,39-44,46H,38,45H2,1-8H3/i38D2. The molecule has 1 aliphatic heterocycles. The van der Waals surface area contributed by atoms with Gasteiger partial charge in [0.15, 0.2) is 0 Å². The summed E-state index contributed by atoms with van der Waals surface area (Å²) in [5.74, 6) is 1.85. The van der Waals surface area contributed by atoms with Crippen LogP contribution in [-0.4, -0.2) is 14.1 Å². The maximum atomic E-state index is 8.93. The van der Waals surface area contributed by atoms with Crippen molar-refractivity contribution in [1.29, 1.82) is 0 Å². The summed E-state index contributed by atoms with van der Waals surface area (Å²) in [6.07, 6.45) is 0.193. The lowest BCUT2D eigenvalue weighted by atomic mass is 9.82. The fourth-order valence-corrected chi connectivity index (χ4v) is 11.8. The number of hydrogen-bond donors (Lipinski definition) is 0. The second kappa shape index (κ2) is 18.6. The zero-order valence-corrected chi connectivity index (χ0v) is 45.2. The van der Waals surface area contributed by atoms with Crippen LogP contribution < -0.4 is 9.64 Å². The molecule has 0 saturated carbocycles. The van der Waals surface area contributed by atoms with E-state index in [1.807, 2.05) is 38.1 Å². The third-order valence-electron chi connectivity index (χ3n) is 15.5. The molecule has 5 nitrogen and oxygen atoms in total. The zero-order valence-electron chi connectivity index (χ0n) is 47.2. The van der Waals surface area contributed by atoms with Gasteiger partial charge in [0, 0.05) is 53.9 Å². The Kier molecular flexibility index (Phi) is 11.0. The highest BCUT2D eigenvalue weighted by Crippen LogP contribution is 2.46. The van der Waals surface area contributed by atoms with Crippen LogP contribution in [0.15, 0.2) is 212 Å². The van der Waals surface area contributed by atoms with Crippen molar-refractivity contribution in [2.24, 2.45) is 5.92 Å². The maximum Gasteiger partial charge on any atom is 0.137 e. The molecule has 13 rings (SSSR count). The Labute approximate surface area is 454 Å². The van der Waals surface area contributed by atoms with Crippen molar-refractivity contribution in [3.8, 4) is 39.6 Å². The van der Waals surface area contributed by atoms with Crippen LogP contribution in [0.2, 0.25) is 0 Å². The molecule has 3 aromatic heterocycles. The number of nitrogens with zero attached hydrogens (tertiary/aromatic N) is 4. The molecule has 0 N–H and O–H groups in total. The Balaban J connectivity index is 0.990. The van der Waals surface area contributed by atoms with Gasteiger partial charge in [-0.25, -0.2) is 4.98 Å². The van der Waals surface area contributed by atoms with Crippen LogP contribution in [-0.2, 0) is 23.9 Å². The lowest BCUT2D eigenvalue weighted by molar-refractivity contribution is 0.483. The molecule has 0 fully saturated rings. The molecule has 12 aromatic rings. The summed E-state index contributed by atoms with van der Waals surface area (Å²) >= 11 is 0. The average Bonchev–Trinajstić information content (AvgIpc) is 4.16. The molecule has 0 bridgehead atoms. The summed E-state index contributed by atoms with van der Waals surface area (Å²) < 4.78 is 29.5. The molecule has 1 aliphatic rings. The minimum Gasteiger partial charge on any atom is -0.457 e. The molecule has 0 saturated heterocycles. The van der Waals surface area contributed by atoms with Crippen molar-refractivity contribution >= 4 is 76.5 Å². The van der Waals surface area contributed by atoms with Gasteiger partial charge in [-0.3, -0.25) is 4.57 Å². The summed E-state index contributed by atoms with van der Waals surface area (Å²) in [4.78, 5) is 7.26. The first-order valence-corrected chi connectivity index (χ1v) is 27.1. The number of anilines is 2. The molecule has 0 radical (unpaired) electrons. The van der Waals surface area contributed by atoms with Crippen molar-refractivity contribution in [3.05, 3.63) is 229 Å². The highest BCUT2D eigenvalue weighted by molar-refractivity contribution is 6.22. The van der Waals surface area contributed by atoms with E-state index in [-0.39, 0.29) is 16.7 Å². The smallest absolute Gasteiger partial charge is 0.137 e. The fourth-order valence-electron chi connectivity index (χ4n) is 11.8. The maximum absolute atomic E-state index is 8.93. The van der Waals surface area contributed by atoms with Crippen LogP contribution in [0.1, 0.15) is 74.8 Å². The van der Waals surface area contributed by atoms with Gasteiger partial charge in [-0.15, -0.1) is 0 Å².